The second-order valence-corrected chi connectivity index (χ2v) is 3.39. The molecule has 0 spiro atoms. The van der Waals surface area contributed by atoms with Crippen molar-refractivity contribution in [1.29, 1.82) is 0 Å². The predicted octanol–water partition coefficient (Wildman–Crippen LogP) is 0.548. The molecule has 0 amide bonds. The number of ether oxygens (including phenoxy) is 1. The smallest absolute Gasteiger partial charge is 0.358 e. The van der Waals surface area contributed by atoms with Crippen molar-refractivity contribution in [3.8, 4) is 0 Å². The monoisotopic (exact) mass is 213 g/mol. The Labute approximate surface area is 90.2 Å². The van der Waals surface area contributed by atoms with Gasteiger partial charge in [-0.3, -0.25) is 4.99 Å². The molecule has 0 aromatic carbocycles. The minimum atomic E-state index is -0.534. The molecule has 0 aromatic rings. The molecule has 0 fully saturated rings. The van der Waals surface area contributed by atoms with Crippen molar-refractivity contribution in [2.75, 3.05) is 6.61 Å². The zero-order valence-corrected chi connectivity index (χ0v) is 9.70. The van der Waals surface area contributed by atoms with E-state index in [2.05, 4.69) is 4.99 Å². The Hall–Kier alpha value is -1.52. The Bertz CT molecular complexity index is 289. The topological polar surface area (TPSA) is 90.7 Å². The zero-order valence-electron chi connectivity index (χ0n) is 9.70. The summed E-state index contributed by atoms with van der Waals surface area (Å²) in [4.78, 5) is 15.6. The molecule has 86 valence electrons. The van der Waals surface area contributed by atoms with Crippen molar-refractivity contribution in [1.82, 2.24) is 0 Å². The van der Waals surface area contributed by atoms with E-state index in [9.17, 15) is 4.79 Å². The number of carbonyl (C=O) groups excluding carboxylic acids is 1. The molecule has 0 bridgehead atoms. The number of aliphatic imine (C=N–C) groups is 1. The number of rotatable bonds is 4. The van der Waals surface area contributed by atoms with Gasteiger partial charge < -0.3 is 16.2 Å². The number of nitrogens with zero attached hydrogens (tertiary/aromatic N) is 1. The van der Waals surface area contributed by atoms with Gasteiger partial charge in [-0.05, 0) is 27.7 Å². The fourth-order valence-electron chi connectivity index (χ4n) is 0.877. The van der Waals surface area contributed by atoms with Crippen LogP contribution in [0.1, 0.15) is 27.7 Å². The van der Waals surface area contributed by atoms with Gasteiger partial charge in [-0.2, -0.15) is 0 Å². The van der Waals surface area contributed by atoms with Gasteiger partial charge >= 0.3 is 5.97 Å². The first kappa shape index (κ1) is 13.5. The van der Waals surface area contributed by atoms with Gasteiger partial charge in [0.1, 0.15) is 0 Å². The second kappa shape index (κ2) is 6.06. The number of esters is 1. The van der Waals surface area contributed by atoms with Crippen molar-refractivity contribution in [2.24, 2.45) is 16.5 Å². The van der Waals surface area contributed by atoms with Gasteiger partial charge in [0.15, 0.2) is 5.71 Å². The van der Waals surface area contributed by atoms with E-state index in [0.29, 0.717) is 5.70 Å². The van der Waals surface area contributed by atoms with E-state index in [0.717, 1.165) is 0 Å². The van der Waals surface area contributed by atoms with Gasteiger partial charge in [0.25, 0.3) is 0 Å². The van der Waals surface area contributed by atoms with Gasteiger partial charge in [-0.15, -0.1) is 0 Å². The summed E-state index contributed by atoms with van der Waals surface area (Å²) in [5.41, 5.74) is 11.8. The van der Waals surface area contributed by atoms with Crippen molar-refractivity contribution in [3.63, 3.8) is 0 Å². The zero-order chi connectivity index (χ0) is 12.0. The van der Waals surface area contributed by atoms with E-state index in [1.165, 1.54) is 0 Å². The Morgan fingerprint density at radius 1 is 1.40 bits per heavy atom. The lowest BCUT2D eigenvalue weighted by molar-refractivity contribution is -0.135. The highest BCUT2D eigenvalue weighted by Gasteiger charge is 2.17. The van der Waals surface area contributed by atoms with Gasteiger partial charge in [-0.1, -0.05) is 0 Å². The first-order valence-corrected chi connectivity index (χ1v) is 4.87. The summed E-state index contributed by atoms with van der Waals surface area (Å²) in [7, 11) is 0. The van der Waals surface area contributed by atoms with Crippen molar-refractivity contribution in [3.05, 3.63) is 11.4 Å². The number of hydrogen-bond donors (Lipinski definition) is 2. The fraction of sp³-hybridized carbons (Fsp3) is 0.600. The van der Waals surface area contributed by atoms with Gasteiger partial charge in [-0.25, -0.2) is 4.79 Å². The number of nitrogens with two attached hydrogens (primary N) is 2. The van der Waals surface area contributed by atoms with E-state index in [4.69, 9.17) is 16.2 Å². The van der Waals surface area contributed by atoms with Crippen LogP contribution in [-0.2, 0) is 9.53 Å². The molecule has 0 rings (SSSR count). The molecule has 0 aliphatic carbocycles. The molecule has 0 aromatic heterocycles. The number of carbonyl (C=O) groups is 1. The minimum absolute atomic E-state index is 0.0395. The summed E-state index contributed by atoms with van der Waals surface area (Å²) in [6, 6.07) is -0.0395. The molecule has 0 atom stereocenters. The van der Waals surface area contributed by atoms with Crippen LogP contribution in [0, 0.1) is 0 Å². The molecule has 0 saturated carbocycles. The van der Waals surface area contributed by atoms with Gasteiger partial charge in [0, 0.05) is 11.7 Å². The molecule has 5 heteroatoms. The maximum absolute atomic E-state index is 11.5. The Morgan fingerprint density at radius 3 is 2.27 bits per heavy atom. The molecule has 5 nitrogen and oxygen atoms in total. The van der Waals surface area contributed by atoms with Gasteiger partial charge in [0.05, 0.1) is 12.3 Å². The Balaban J connectivity index is 5.08. The van der Waals surface area contributed by atoms with Crippen LogP contribution in [0.3, 0.4) is 0 Å². The minimum Gasteiger partial charge on any atom is -0.461 e. The lowest BCUT2D eigenvalue weighted by atomic mass is 10.2. The summed E-state index contributed by atoms with van der Waals surface area (Å²) in [5, 5.41) is 0. The molecule has 4 N–H and O–H groups in total. The van der Waals surface area contributed by atoms with Crippen molar-refractivity contribution < 1.29 is 9.53 Å². The highest BCUT2D eigenvalue weighted by atomic mass is 16.5. The Morgan fingerprint density at radius 2 is 1.93 bits per heavy atom. The molecule has 0 saturated heterocycles. The van der Waals surface area contributed by atoms with Crippen LogP contribution in [0.2, 0.25) is 0 Å². The standard InChI is InChI=1S/C10H19N3O2/c1-5-15-10(14)9(13-6(2)3)8(12)7(4)11/h6H,5,11-12H2,1-4H3. The average Bonchev–Trinajstić information content (AvgIpc) is 2.13. The summed E-state index contributed by atoms with van der Waals surface area (Å²) >= 11 is 0. The quantitative estimate of drug-likeness (QED) is 0.527. The van der Waals surface area contributed by atoms with E-state index in [1.54, 1.807) is 13.8 Å². The normalized spacial score (nSPS) is 13.8. The third-order valence-electron chi connectivity index (χ3n) is 1.54. The molecule has 0 radical (unpaired) electrons. The van der Waals surface area contributed by atoms with E-state index >= 15 is 0 Å². The van der Waals surface area contributed by atoms with Crippen LogP contribution in [-0.4, -0.2) is 24.3 Å². The third-order valence-corrected chi connectivity index (χ3v) is 1.54. The average molecular weight is 213 g/mol. The molecule has 0 aliphatic rings. The molecule has 0 aliphatic heterocycles. The first-order chi connectivity index (χ1) is 6.90. The van der Waals surface area contributed by atoms with Crippen molar-refractivity contribution >= 4 is 11.7 Å². The van der Waals surface area contributed by atoms with Crippen LogP contribution in [0.15, 0.2) is 16.4 Å². The maximum atomic E-state index is 11.5. The Kier molecular flexibility index (Phi) is 5.44. The molecule has 0 heterocycles. The maximum Gasteiger partial charge on any atom is 0.358 e. The summed E-state index contributed by atoms with van der Waals surface area (Å²) in [5.74, 6) is -0.534. The number of allylic oxidation sites excluding steroid dienone is 1. The van der Waals surface area contributed by atoms with E-state index in [-0.39, 0.29) is 24.1 Å². The third kappa shape index (κ3) is 4.49. The van der Waals surface area contributed by atoms with Crippen molar-refractivity contribution in [2.45, 2.75) is 33.7 Å². The fourth-order valence-corrected chi connectivity index (χ4v) is 0.877. The summed E-state index contributed by atoms with van der Waals surface area (Å²) < 4.78 is 4.84. The van der Waals surface area contributed by atoms with Crippen LogP contribution in [0.4, 0.5) is 0 Å². The van der Waals surface area contributed by atoms with Crippen LogP contribution in [0.25, 0.3) is 0 Å². The first-order valence-electron chi connectivity index (χ1n) is 4.87. The summed E-state index contributed by atoms with van der Waals surface area (Å²) in [6.07, 6.45) is 0. The molecule has 0 unspecified atom stereocenters. The van der Waals surface area contributed by atoms with Gasteiger partial charge in [0.2, 0.25) is 0 Å². The molecular formula is C10H19N3O2. The largest absolute Gasteiger partial charge is 0.461 e. The van der Waals surface area contributed by atoms with Crippen LogP contribution in [0.5, 0.6) is 0 Å². The molecular weight excluding hydrogens is 194 g/mol. The number of hydrogen-bond acceptors (Lipinski definition) is 5. The predicted molar refractivity (Wildman–Crippen MR) is 60.3 cm³/mol. The highest BCUT2D eigenvalue weighted by Crippen LogP contribution is 2.01. The van der Waals surface area contributed by atoms with Crippen LogP contribution >= 0.6 is 0 Å². The SMILES string of the molecule is CCOC(=O)C(=NC(C)C)C(N)=C(C)N. The molecule has 15 heavy (non-hydrogen) atoms. The van der Waals surface area contributed by atoms with E-state index < -0.39 is 5.97 Å². The summed E-state index contributed by atoms with van der Waals surface area (Å²) in [6.45, 7) is 7.31. The lowest BCUT2D eigenvalue weighted by Gasteiger charge is -2.09. The lowest BCUT2D eigenvalue weighted by Crippen LogP contribution is -2.27. The second-order valence-electron chi connectivity index (χ2n) is 3.39. The van der Waals surface area contributed by atoms with E-state index in [1.807, 2.05) is 13.8 Å². The highest BCUT2D eigenvalue weighted by molar-refractivity contribution is 6.43. The van der Waals surface area contributed by atoms with Crippen LogP contribution < -0.4 is 11.5 Å².